The lowest BCUT2D eigenvalue weighted by molar-refractivity contribution is 0.870. The zero-order valence-electron chi connectivity index (χ0n) is 10.5. The molecule has 5 nitrogen and oxygen atoms in total. The fourth-order valence-corrected chi connectivity index (χ4v) is 1.70. The summed E-state index contributed by atoms with van der Waals surface area (Å²) in [7, 11) is 0. The highest BCUT2D eigenvalue weighted by atomic mass is 15.0. The number of pyridine rings is 2. The van der Waals surface area contributed by atoms with Crippen LogP contribution in [0.1, 0.15) is 12.0 Å². The fourth-order valence-electron chi connectivity index (χ4n) is 1.70. The monoisotopic (exact) mass is 253 g/mol. The van der Waals surface area contributed by atoms with Crippen molar-refractivity contribution in [2.24, 2.45) is 5.73 Å². The minimum Gasteiger partial charge on any atom is -0.369 e. The molecule has 19 heavy (non-hydrogen) atoms. The van der Waals surface area contributed by atoms with E-state index in [4.69, 9.17) is 5.73 Å². The molecule has 2 heterocycles. The van der Waals surface area contributed by atoms with E-state index >= 15 is 0 Å². The van der Waals surface area contributed by atoms with Crippen molar-refractivity contribution < 1.29 is 0 Å². The van der Waals surface area contributed by atoms with Crippen LogP contribution in [0.15, 0.2) is 36.8 Å². The first-order valence-corrected chi connectivity index (χ1v) is 6.09. The summed E-state index contributed by atoms with van der Waals surface area (Å²) in [5.41, 5.74) is 7.86. The van der Waals surface area contributed by atoms with Crippen LogP contribution in [-0.4, -0.2) is 23.1 Å². The van der Waals surface area contributed by atoms with Gasteiger partial charge < -0.3 is 11.1 Å². The van der Waals surface area contributed by atoms with Gasteiger partial charge in [0.15, 0.2) is 0 Å². The van der Waals surface area contributed by atoms with Crippen LogP contribution in [0.2, 0.25) is 0 Å². The quantitative estimate of drug-likeness (QED) is 0.793. The van der Waals surface area contributed by atoms with Crippen LogP contribution in [0.25, 0.3) is 11.1 Å². The Morgan fingerprint density at radius 1 is 1.26 bits per heavy atom. The summed E-state index contributed by atoms with van der Waals surface area (Å²) in [6, 6.07) is 7.76. The van der Waals surface area contributed by atoms with Crippen molar-refractivity contribution in [3.63, 3.8) is 0 Å². The van der Waals surface area contributed by atoms with E-state index in [1.807, 2.05) is 18.2 Å². The van der Waals surface area contributed by atoms with Gasteiger partial charge in [-0.3, -0.25) is 4.98 Å². The molecular formula is C14H15N5. The van der Waals surface area contributed by atoms with Gasteiger partial charge >= 0.3 is 0 Å². The number of nitrogens with two attached hydrogens (primary N) is 1. The maximum atomic E-state index is 9.18. The van der Waals surface area contributed by atoms with Crippen LogP contribution in [0, 0.1) is 11.3 Å². The zero-order chi connectivity index (χ0) is 13.5. The average Bonchev–Trinajstić information content (AvgIpc) is 2.48. The van der Waals surface area contributed by atoms with E-state index < -0.39 is 0 Å². The summed E-state index contributed by atoms with van der Waals surface area (Å²) < 4.78 is 0. The standard InChI is InChI=1S/C14H15N5/c15-4-1-5-18-14-12(9-16)8-13(10-19-14)11-2-6-17-7-3-11/h2-3,6-8,10H,1,4-5,15H2,(H,18,19). The number of aromatic nitrogens is 2. The first-order valence-electron chi connectivity index (χ1n) is 6.09. The molecule has 0 radical (unpaired) electrons. The molecule has 2 aromatic rings. The second kappa shape index (κ2) is 6.47. The average molecular weight is 253 g/mol. The van der Waals surface area contributed by atoms with E-state index in [9.17, 15) is 5.26 Å². The van der Waals surface area contributed by atoms with Gasteiger partial charge in [-0.05, 0) is 36.7 Å². The summed E-state index contributed by atoms with van der Waals surface area (Å²) in [5.74, 6) is 0.605. The first kappa shape index (κ1) is 13.0. The van der Waals surface area contributed by atoms with Crippen molar-refractivity contribution in [2.45, 2.75) is 6.42 Å². The second-order valence-corrected chi connectivity index (χ2v) is 4.04. The molecule has 0 aliphatic carbocycles. The van der Waals surface area contributed by atoms with Crippen molar-refractivity contribution in [3.05, 3.63) is 42.4 Å². The third-order valence-electron chi connectivity index (χ3n) is 2.70. The largest absolute Gasteiger partial charge is 0.369 e. The maximum Gasteiger partial charge on any atom is 0.143 e. The minimum atomic E-state index is 0.534. The Balaban J connectivity index is 2.24. The molecular weight excluding hydrogens is 238 g/mol. The van der Waals surface area contributed by atoms with E-state index in [1.165, 1.54) is 0 Å². The molecule has 2 aromatic heterocycles. The third-order valence-corrected chi connectivity index (χ3v) is 2.70. The van der Waals surface area contributed by atoms with Gasteiger partial charge in [-0.15, -0.1) is 0 Å². The Morgan fingerprint density at radius 2 is 2.05 bits per heavy atom. The molecule has 0 aromatic carbocycles. The van der Waals surface area contributed by atoms with Crippen LogP contribution in [0.5, 0.6) is 0 Å². The molecule has 0 saturated heterocycles. The van der Waals surface area contributed by atoms with Gasteiger partial charge in [0.25, 0.3) is 0 Å². The van der Waals surface area contributed by atoms with Crippen molar-refractivity contribution in [3.8, 4) is 17.2 Å². The van der Waals surface area contributed by atoms with Gasteiger partial charge in [-0.25, -0.2) is 4.98 Å². The Labute approximate surface area is 112 Å². The van der Waals surface area contributed by atoms with Crippen LogP contribution >= 0.6 is 0 Å². The van der Waals surface area contributed by atoms with Crippen molar-refractivity contribution in [1.29, 1.82) is 5.26 Å². The normalized spacial score (nSPS) is 9.89. The van der Waals surface area contributed by atoms with Crippen LogP contribution in [-0.2, 0) is 0 Å². The molecule has 0 fully saturated rings. The summed E-state index contributed by atoms with van der Waals surface area (Å²) in [6.07, 6.45) is 6.03. The Hall–Kier alpha value is -2.45. The summed E-state index contributed by atoms with van der Waals surface area (Å²) in [4.78, 5) is 8.27. The fraction of sp³-hybridized carbons (Fsp3) is 0.214. The molecule has 5 heteroatoms. The summed E-state index contributed by atoms with van der Waals surface area (Å²) in [5, 5.41) is 12.3. The highest BCUT2D eigenvalue weighted by molar-refractivity contribution is 5.67. The highest BCUT2D eigenvalue weighted by Gasteiger charge is 2.06. The number of hydrogen-bond donors (Lipinski definition) is 2. The Kier molecular flexibility index (Phi) is 4.43. The molecule has 0 saturated carbocycles. The maximum absolute atomic E-state index is 9.18. The number of nitrogens with one attached hydrogen (secondary N) is 1. The number of hydrogen-bond acceptors (Lipinski definition) is 5. The highest BCUT2D eigenvalue weighted by Crippen LogP contribution is 2.22. The lowest BCUT2D eigenvalue weighted by Gasteiger charge is -2.08. The van der Waals surface area contributed by atoms with E-state index in [0.29, 0.717) is 24.5 Å². The molecule has 0 bridgehead atoms. The van der Waals surface area contributed by atoms with Crippen molar-refractivity contribution >= 4 is 5.82 Å². The molecule has 96 valence electrons. The lowest BCUT2D eigenvalue weighted by atomic mass is 10.1. The number of anilines is 1. The van der Waals surface area contributed by atoms with E-state index in [2.05, 4.69) is 21.4 Å². The topological polar surface area (TPSA) is 87.6 Å². The van der Waals surface area contributed by atoms with E-state index in [0.717, 1.165) is 17.5 Å². The Morgan fingerprint density at radius 3 is 2.74 bits per heavy atom. The molecule has 0 atom stereocenters. The van der Waals surface area contributed by atoms with Gasteiger partial charge in [0, 0.05) is 30.7 Å². The molecule has 2 rings (SSSR count). The Bertz CT molecular complexity index is 574. The van der Waals surface area contributed by atoms with Gasteiger partial charge in [0.05, 0.1) is 5.56 Å². The SMILES string of the molecule is N#Cc1cc(-c2ccncc2)cnc1NCCCN. The number of rotatable bonds is 5. The predicted octanol–water partition coefficient (Wildman–Crippen LogP) is 1.78. The molecule has 0 amide bonds. The zero-order valence-corrected chi connectivity index (χ0v) is 10.5. The van der Waals surface area contributed by atoms with Gasteiger partial charge in [0.2, 0.25) is 0 Å². The smallest absolute Gasteiger partial charge is 0.143 e. The molecule has 3 N–H and O–H groups in total. The summed E-state index contributed by atoms with van der Waals surface area (Å²) in [6.45, 7) is 1.33. The van der Waals surface area contributed by atoms with Crippen molar-refractivity contribution in [1.82, 2.24) is 9.97 Å². The number of nitriles is 1. The van der Waals surface area contributed by atoms with Crippen molar-refractivity contribution in [2.75, 3.05) is 18.4 Å². The first-order chi connectivity index (χ1) is 9.35. The van der Waals surface area contributed by atoms with E-state index in [-0.39, 0.29) is 0 Å². The van der Waals surface area contributed by atoms with Crippen LogP contribution < -0.4 is 11.1 Å². The molecule has 0 spiro atoms. The van der Waals surface area contributed by atoms with Gasteiger partial charge in [0.1, 0.15) is 11.9 Å². The van der Waals surface area contributed by atoms with Crippen LogP contribution in [0.4, 0.5) is 5.82 Å². The van der Waals surface area contributed by atoms with Gasteiger partial charge in [-0.2, -0.15) is 5.26 Å². The second-order valence-electron chi connectivity index (χ2n) is 4.04. The minimum absolute atomic E-state index is 0.534. The van der Waals surface area contributed by atoms with Crippen LogP contribution in [0.3, 0.4) is 0 Å². The predicted molar refractivity (Wildman–Crippen MR) is 74.3 cm³/mol. The third kappa shape index (κ3) is 3.27. The summed E-state index contributed by atoms with van der Waals surface area (Å²) >= 11 is 0. The molecule has 0 aliphatic heterocycles. The molecule has 0 aliphatic rings. The van der Waals surface area contributed by atoms with E-state index in [1.54, 1.807) is 18.6 Å². The van der Waals surface area contributed by atoms with Gasteiger partial charge in [-0.1, -0.05) is 0 Å². The lowest BCUT2D eigenvalue weighted by Crippen LogP contribution is -2.10. The number of nitrogens with zero attached hydrogens (tertiary/aromatic N) is 3. The molecule has 0 unspecified atom stereocenters.